The van der Waals surface area contributed by atoms with Gasteiger partial charge in [0.25, 0.3) is 0 Å². The van der Waals surface area contributed by atoms with Gasteiger partial charge in [0.1, 0.15) is 10.9 Å². The third-order valence-corrected chi connectivity index (χ3v) is 4.20. The van der Waals surface area contributed by atoms with E-state index in [9.17, 15) is 5.26 Å². The molecule has 0 aliphatic rings. The predicted molar refractivity (Wildman–Crippen MR) is 77.9 cm³/mol. The first kappa shape index (κ1) is 11.9. The molecule has 3 rings (SSSR count). The van der Waals surface area contributed by atoms with Crippen molar-refractivity contribution in [3.05, 3.63) is 59.0 Å². The number of nitrogens with zero attached hydrogens (tertiary/aromatic N) is 1. The average molecular weight is 265 g/mol. The third kappa shape index (κ3) is 2.01. The van der Waals surface area contributed by atoms with Gasteiger partial charge in [0, 0.05) is 15.6 Å². The molecule has 0 aliphatic heterocycles. The monoisotopic (exact) mass is 265 g/mol. The summed E-state index contributed by atoms with van der Waals surface area (Å²) in [6.45, 7) is 0.0375. The van der Waals surface area contributed by atoms with E-state index in [2.05, 4.69) is 6.07 Å². The van der Waals surface area contributed by atoms with Gasteiger partial charge in [-0.15, -0.1) is 11.3 Å². The van der Waals surface area contributed by atoms with Crippen molar-refractivity contribution >= 4 is 21.4 Å². The molecule has 0 saturated carbocycles. The van der Waals surface area contributed by atoms with Gasteiger partial charge < -0.3 is 5.11 Å². The lowest BCUT2D eigenvalue weighted by atomic mass is 10.0. The Kier molecular flexibility index (Phi) is 3.04. The zero-order valence-electron chi connectivity index (χ0n) is 10.1. The SMILES string of the molecule is N#Cc1sc2ccccc2c1-c1ccc(CO)cc1. The largest absolute Gasteiger partial charge is 0.392 e. The van der Waals surface area contributed by atoms with Crippen LogP contribution < -0.4 is 0 Å². The van der Waals surface area contributed by atoms with Crippen molar-refractivity contribution in [3.63, 3.8) is 0 Å². The van der Waals surface area contributed by atoms with Crippen LogP contribution in [-0.2, 0) is 6.61 Å². The first-order valence-electron chi connectivity index (χ1n) is 5.95. The first-order valence-corrected chi connectivity index (χ1v) is 6.77. The molecule has 1 heterocycles. The van der Waals surface area contributed by atoms with Crippen molar-refractivity contribution < 1.29 is 5.11 Å². The fraction of sp³-hybridized carbons (Fsp3) is 0.0625. The van der Waals surface area contributed by atoms with E-state index in [1.807, 2.05) is 48.5 Å². The second kappa shape index (κ2) is 4.85. The molecule has 0 spiro atoms. The van der Waals surface area contributed by atoms with Crippen molar-refractivity contribution in [1.29, 1.82) is 5.26 Å². The van der Waals surface area contributed by atoms with Gasteiger partial charge in [-0.25, -0.2) is 0 Å². The topological polar surface area (TPSA) is 44.0 Å². The second-order valence-electron chi connectivity index (χ2n) is 4.27. The molecule has 92 valence electrons. The Morgan fingerprint density at radius 1 is 1.05 bits per heavy atom. The van der Waals surface area contributed by atoms with Gasteiger partial charge in [0.05, 0.1) is 6.61 Å². The Balaban J connectivity index is 2.25. The highest BCUT2D eigenvalue weighted by atomic mass is 32.1. The number of nitriles is 1. The average Bonchev–Trinajstić information content (AvgIpc) is 2.86. The zero-order valence-corrected chi connectivity index (χ0v) is 10.9. The molecule has 0 aliphatic carbocycles. The highest BCUT2D eigenvalue weighted by Crippen LogP contribution is 2.38. The molecule has 2 aromatic carbocycles. The highest BCUT2D eigenvalue weighted by molar-refractivity contribution is 7.20. The standard InChI is InChI=1S/C16H11NOS/c17-9-15-16(12-7-5-11(10-18)6-8-12)13-3-1-2-4-14(13)19-15/h1-8,18H,10H2. The molecule has 3 aromatic rings. The van der Waals surface area contributed by atoms with Gasteiger partial charge in [0.15, 0.2) is 0 Å². The number of benzene rings is 2. The quantitative estimate of drug-likeness (QED) is 0.763. The molecule has 0 fully saturated rings. The van der Waals surface area contributed by atoms with Crippen LogP contribution in [0.5, 0.6) is 0 Å². The summed E-state index contributed by atoms with van der Waals surface area (Å²) in [6, 6.07) is 18.0. The lowest BCUT2D eigenvalue weighted by Gasteiger charge is -2.02. The molecule has 1 aromatic heterocycles. The fourth-order valence-electron chi connectivity index (χ4n) is 2.19. The number of aliphatic hydroxyl groups excluding tert-OH is 1. The van der Waals surface area contributed by atoms with E-state index in [1.165, 1.54) is 11.3 Å². The molecule has 0 saturated heterocycles. The summed E-state index contributed by atoms with van der Waals surface area (Å²) < 4.78 is 1.13. The van der Waals surface area contributed by atoms with Gasteiger partial charge in [-0.05, 0) is 17.2 Å². The molecule has 0 bridgehead atoms. The Morgan fingerprint density at radius 2 is 1.79 bits per heavy atom. The lowest BCUT2D eigenvalue weighted by molar-refractivity contribution is 0.282. The third-order valence-electron chi connectivity index (χ3n) is 3.12. The Bertz CT molecular complexity index is 766. The summed E-state index contributed by atoms with van der Waals surface area (Å²) in [5.41, 5.74) is 2.89. The van der Waals surface area contributed by atoms with E-state index in [0.29, 0.717) is 0 Å². The van der Waals surface area contributed by atoms with Crippen LogP contribution in [0.1, 0.15) is 10.4 Å². The Morgan fingerprint density at radius 3 is 2.47 bits per heavy atom. The zero-order chi connectivity index (χ0) is 13.2. The van der Waals surface area contributed by atoms with Crippen LogP contribution in [0.2, 0.25) is 0 Å². The van der Waals surface area contributed by atoms with E-state index in [0.717, 1.165) is 31.7 Å². The minimum absolute atomic E-state index is 0.0375. The van der Waals surface area contributed by atoms with Crippen LogP contribution in [0.3, 0.4) is 0 Å². The van der Waals surface area contributed by atoms with E-state index < -0.39 is 0 Å². The molecule has 1 N–H and O–H groups in total. The second-order valence-corrected chi connectivity index (χ2v) is 5.32. The lowest BCUT2D eigenvalue weighted by Crippen LogP contribution is -1.84. The van der Waals surface area contributed by atoms with E-state index in [1.54, 1.807) is 0 Å². The van der Waals surface area contributed by atoms with Gasteiger partial charge in [-0.2, -0.15) is 5.26 Å². The van der Waals surface area contributed by atoms with Gasteiger partial charge in [-0.3, -0.25) is 0 Å². The van der Waals surface area contributed by atoms with Crippen LogP contribution in [0.15, 0.2) is 48.5 Å². The maximum absolute atomic E-state index is 9.30. The van der Waals surface area contributed by atoms with Crippen molar-refractivity contribution in [1.82, 2.24) is 0 Å². The van der Waals surface area contributed by atoms with E-state index >= 15 is 0 Å². The first-order chi connectivity index (χ1) is 9.33. The Hall–Kier alpha value is -2.15. The fourth-order valence-corrected chi connectivity index (χ4v) is 3.21. The predicted octanol–water partition coefficient (Wildman–Crippen LogP) is 3.93. The van der Waals surface area contributed by atoms with Gasteiger partial charge >= 0.3 is 0 Å². The number of aliphatic hydroxyl groups is 1. The molecule has 0 atom stereocenters. The molecule has 2 nitrogen and oxygen atoms in total. The van der Waals surface area contributed by atoms with Crippen LogP contribution in [-0.4, -0.2) is 5.11 Å². The normalized spacial score (nSPS) is 10.5. The number of fused-ring (bicyclic) bond motifs is 1. The van der Waals surface area contributed by atoms with Gasteiger partial charge in [0.2, 0.25) is 0 Å². The number of hydrogen-bond donors (Lipinski definition) is 1. The summed E-state index contributed by atoms with van der Waals surface area (Å²) in [5.74, 6) is 0. The van der Waals surface area contributed by atoms with E-state index in [-0.39, 0.29) is 6.61 Å². The maximum atomic E-state index is 9.30. The van der Waals surface area contributed by atoms with Crippen LogP contribution in [0.4, 0.5) is 0 Å². The van der Waals surface area contributed by atoms with Gasteiger partial charge in [-0.1, -0.05) is 42.5 Å². The van der Waals surface area contributed by atoms with Crippen molar-refractivity contribution in [3.8, 4) is 17.2 Å². The molecule has 0 unspecified atom stereocenters. The minimum atomic E-state index is 0.0375. The summed E-state index contributed by atoms with van der Waals surface area (Å²) in [5, 5.41) is 19.5. The maximum Gasteiger partial charge on any atom is 0.113 e. The summed E-state index contributed by atoms with van der Waals surface area (Å²) >= 11 is 1.52. The van der Waals surface area contributed by atoms with Crippen LogP contribution >= 0.6 is 11.3 Å². The molecule has 0 amide bonds. The summed E-state index contributed by atoms with van der Waals surface area (Å²) in [4.78, 5) is 0.734. The highest BCUT2D eigenvalue weighted by Gasteiger charge is 2.13. The molecule has 19 heavy (non-hydrogen) atoms. The number of hydrogen-bond acceptors (Lipinski definition) is 3. The smallest absolute Gasteiger partial charge is 0.113 e. The number of rotatable bonds is 2. The number of thiophene rings is 1. The van der Waals surface area contributed by atoms with E-state index in [4.69, 9.17) is 5.11 Å². The summed E-state index contributed by atoms with van der Waals surface area (Å²) in [6.07, 6.45) is 0. The van der Waals surface area contributed by atoms with Crippen molar-refractivity contribution in [2.75, 3.05) is 0 Å². The molecule has 3 heteroatoms. The summed E-state index contributed by atoms with van der Waals surface area (Å²) in [7, 11) is 0. The Labute approximate surface area is 115 Å². The van der Waals surface area contributed by atoms with Crippen molar-refractivity contribution in [2.24, 2.45) is 0 Å². The minimum Gasteiger partial charge on any atom is -0.392 e. The molecule has 0 radical (unpaired) electrons. The molecular weight excluding hydrogens is 254 g/mol. The van der Waals surface area contributed by atoms with Crippen LogP contribution in [0, 0.1) is 11.3 Å². The van der Waals surface area contributed by atoms with Crippen LogP contribution in [0.25, 0.3) is 21.2 Å². The van der Waals surface area contributed by atoms with Crippen molar-refractivity contribution in [2.45, 2.75) is 6.61 Å². The molecular formula is C16H11NOS.